The van der Waals surface area contributed by atoms with E-state index in [0.717, 1.165) is 22.4 Å². The summed E-state index contributed by atoms with van der Waals surface area (Å²) in [4.78, 5) is 9.37. The monoisotopic (exact) mass is 288 g/mol. The Bertz CT molecular complexity index is 234. The maximum Gasteiger partial charge on any atom is 0.442 e. The molecule has 0 rings (SSSR count). The molecule has 8 heteroatoms. The number of rotatable bonds is 10. The summed E-state index contributed by atoms with van der Waals surface area (Å²) in [5.41, 5.74) is 0. The third kappa shape index (κ3) is 10.0. The maximum atomic E-state index is 12.1. The summed E-state index contributed by atoms with van der Waals surface area (Å²) in [6, 6.07) is 0. The molecule has 0 aliphatic rings. The molecule has 0 bridgehead atoms. The molecule has 0 amide bonds. The molecule has 0 radical (unpaired) electrons. The van der Waals surface area contributed by atoms with Gasteiger partial charge in [-0.25, -0.2) is 14.3 Å². The van der Waals surface area contributed by atoms with Gasteiger partial charge in [-0.2, -0.15) is 0 Å². The molecule has 0 aliphatic carbocycles. The number of hydrogen-bond donors (Lipinski definition) is 0. The fraction of sp³-hybridized carbons (Fsp3) is 1.00. The van der Waals surface area contributed by atoms with E-state index < -0.39 is 6.80 Å². The normalized spacial score (nSPS) is 13.0. The molecular formula is C9H23NO5PS+. The lowest BCUT2D eigenvalue weighted by molar-refractivity contribution is -0.867. The van der Waals surface area contributed by atoms with Crippen LogP contribution in [0.5, 0.6) is 0 Å². The van der Waals surface area contributed by atoms with Gasteiger partial charge in [0.15, 0.2) is 0 Å². The van der Waals surface area contributed by atoms with E-state index in [1.807, 2.05) is 0 Å². The number of nitrogens with zero attached hydrogens (tertiary/aromatic N) is 1. The van der Waals surface area contributed by atoms with Crippen molar-refractivity contribution in [2.24, 2.45) is 0 Å². The highest BCUT2D eigenvalue weighted by atomic mass is 32.7. The zero-order chi connectivity index (χ0) is 13.4. The van der Waals surface area contributed by atoms with Crippen LogP contribution in [-0.4, -0.2) is 51.1 Å². The molecule has 0 fully saturated rings. The molecule has 0 aromatic heterocycles. The molecule has 0 atom stereocenters. The van der Waals surface area contributed by atoms with E-state index >= 15 is 0 Å². The Hall–Kier alpha value is 0.380. The van der Waals surface area contributed by atoms with E-state index in [0.29, 0.717) is 19.0 Å². The zero-order valence-corrected chi connectivity index (χ0v) is 12.9. The van der Waals surface area contributed by atoms with Gasteiger partial charge in [0, 0.05) is 0 Å². The molecule has 0 spiro atoms. The lowest BCUT2D eigenvalue weighted by Crippen LogP contribution is -2.36. The Balaban J connectivity index is 4.13. The van der Waals surface area contributed by atoms with Gasteiger partial charge in [-0.3, -0.25) is 0 Å². The van der Waals surface area contributed by atoms with Crippen molar-refractivity contribution in [3.8, 4) is 0 Å². The van der Waals surface area contributed by atoms with Crippen LogP contribution in [0, 0.1) is 0 Å². The summed E-state index contributed by atoms with van der Waals surface area (Å²) < 4.78 is 22.4. The maximum absolute atomic E-state index is 12.1. The lowest BCUT2D eigenvalue weighted by atomic mass is 10.6. The lowest BCUT2D eigenvalue weighted by Gasteiger charge is -2.24. The van der Waals surface area contributed by atoms with Gasteiger partial charge in [0.1, 0.15) is 0 Å². The van der Waals surface area contributed by atoms with Crippen LogP contribution in [0.25, 0.3) is 0 Å². The largest absolute Gasteiger partial charge is 0.442 e. The van der Waals surface area contributed by atoms with E-state index in [1.165, 1.54) is 0 Å². The van der Waals surface area contributed by atoms with Crippen molar-refractivity contribution >= 4 is 18.2 Å². The first-order valence-electron chi connectivity index (χ1n) is 5.50. The Labute approximate surface area is 107 Å². The summed E-state index contributed by atoms with van der Waals surface area (Å²) in [5, 5.41) is 0. The van der Waals surface area contributed by atoms with E-state index in [4.69, 9.17) is 9.35 Å². The van der Waals surface area contributed by atoms with Crippen molar-refractivity contribution in [2.75, 3.05) is 46.7 Å². The standard InChI is InChI=1S/C9H23NO5PS/c1-6-12-14-16(11,15-13-7-2)17-9-8-10(3,4)5/h6-9H2,1-5H3/q+1. The molecule has 0 aromatic rings. The van der Waals surface area contributed by atoms with Crippen molar-refractivity contribution in [2.45, 2.75) is 13.8 Å². The fourth-order valence-electron chi connectivity index (χ4n) is 0.716. The molecule has 0 saturated carbocycles. The summed E-state index contributed by atoms with van der Waals surface area (Å²) in [5.74, 6) is 0.626. The molecule has 0 N–H and O–H groups in total. The second-order valence-electron chi connectivity index (χ2n) is 4.26. The highest BCUT2D eigenvalue weighted by Crippen LogP contribution is 2.60. The van der Waals surface area contributed by atoms with Crippen molar-refractivity contribution in [3.05, 3.63) is 0 Å². The van der Waals surface area contributed by atoms with Crippen LogP contribution in [0.2, 0.25) is 0 Å². The van der Waals surface area contributed by atoms with Gasteiger partial charge in [-0.1, -0.05) is 0 Å². The van der Waals surface area contributed by atoms with Crippen LogP contribution < -0.4 is 0 Å². The predicted octanol–water partition coefficient (Wildman–Crippen LogP) is 2.47. The van der Waals surface area contributed by atoms with Crippen LogP contribution in [0.1, 0.15) is 13.8 Å². The zero-order valence-electron chi connectivity index (χ0n) is 11.2. The van der Waals surface area contributed by atoms with Crippen LogP contribution in [0.15, 0.2) is 0 Å². The Morgan fingerprint density at radius 3 is 1.88 bits per heavy atom. The third-order valence-corrected chi connectivity index (χ3v) is 4.65. The van der Waals surface area contributed by atoms with E-state index in [2.05, 4.69) is 30.9 Å². The van der Waals surface area contributed by atoms with E-state index in [1.54, 1.807) is 13.8 Å². The van der Waals surface area contributed by atoms with Gasteiger partial charge in [0.2, 0.25) is 0 Å². The molecular weight excluding hydrogens is 265 g/mol. The first-order chi connectivity index (χ1) is 7.83. The molecule has 0 saturated heterocycles. The number of quaternary nitrogens is 1. The topological polar surface area (TPSA) is 54.0 Å². The van der Waals surface area contributed by atoms with Crippen molar-refractivity contribution in [1.82, 2.24) is 0 Å². The molecule has 0 aromatic carbocycles. The molecule has 104 valence electrons. The summed E-state index contributed by atoms with van der Waals surface area (Å²) in [7, 11) is 6.16. The summed E-state index contributed by atoms with van der Waals surface area (Å²) >= 11 is 1.08. The van der Waals surface area contributed by atoms with Crippen molar-refractivity contribution < 1.29 is 28.2 Å². The molecule has 17 heavy (non-hydrogen) atoms. The first-order valence-corrected chi connectivity index (χ1v) is 8.64. The SMILES string of the molecule is CCOOP(=O)(OOCC)SCC[N+](C)(C)C. The second-order valence-corrected chi connectivity index (χ2v) is 8.23. The smallest absolute Gasteiger partial charge is 0.330 e. The minimum atomic E-state index is -3.38. The van der Waals surface area contributed by atoms with Gasteiger partial charge in [-0.05, 0) is 25.2 Å². The van der Waals surface area contributed by atoms with Gasteiger partial charge < -0.3 is 4.48 Å². The Kier molecular flexibility index (Phi) is 8.67. The molecule has 0 unspecified atom stereocenters. The summed E-state index contributed by atoms with van der Waals surface area (Å²) in [6.07, 6.45) is 0. The van der Waals surface area contributed by atoms with Gasteiger partial charge >= 0.3 is 6.80 Å². The minimum Gasteiger partial charge on any atom is -0.330 e. The average Bonchev–Trinajstić information content (AvgIpc) is 2.22. The van der Waals surface area contributed by atoms with Crippen LogP contribution in [-0.2, 0) is 23.7 Å². The minimum absolute atomic E-state index is 0.301. The van der Waals surface area contributed by atoms with Crippen LogP contribution >= 0.6 is 18.2 Å². The van der Waals surface area contributed by atoms with Crippen LogP contribution in [0.3, 0.4) is 0 Å². The molecule has 6 nitrogen and oxygen atoms in total. The fourth-order valence-corrected chi connectivity index (χ4v) is 3.58. The Morgan fingerprint density at radius 2 is 1.53 bits per heavy atom. The highest BCUT2D eigenvalue weighted by molar-refractivity contribution is 8.55. The molecule has 0 aliphatic heterocycles. The number of hydrogen-bond acceptors (Lipinski definition) is 6. The highest BCUT2D eigenvalue weighted by Gasteiger charge is 2.29. The molecule has 0 heterocycles. The van der Waals surface area contributed by atoms with Gasteiger partial charge in [0.25, 0.3) is 0 Å². The quantitative estimate of drug-likeness (QED) is 0.266. The second kappa shape index (κ2) is 8.48. The Morgan fingerprint density at radius 1 is 1.06 bits per heavy atom. The van der Waals surface area contributed by atoms with Crippen LogP contribution in [0.4, 0.5) is 0 Å². The van der Waals surface area contributed by atoms with Crippen molar-refractivity contribution in [1.29, 1.82) is 0 Å². The predicted molar refractivity (Wildman–Crippen MR) is 68.4 cm³/mol. The van der Waals surface area contributed by atoms with Gasteiger partial charge in [0.05, 0.1) is 46.7 Å². The van der Waals surface area contributed by atoms with Gasteiger partial charge in [-0.15, -0.1) is 9.35 Å². The first kappa shape index (κ1) is 17.4. The average molecular weight is 288 g/mol. The van der Waals surface area contributed by atoms with Crippen molar-refractivity contribution in [3.63, 3.8) is 0 Å². The van der Waals surface area contributed by atoms with E-state index in [-0.39, 0.29) is 0 Å². The summed E-state index contributed by atoms with van der Waals surface area (Å²) in [6.45, 7) is 1.53. The van der Waals surface area contributed by atoms with E-state index in [9.17, 15) is 4.57 Å². The third-order valence-electron chi connectivity index (χ3n) is 1.54.